The molecule has 25 heavy (non-hydrogen) atoms. The van der Waals surface area contributed by atoms with Gasteiger partial charge in [0, 0.05) is 46.3 Å². The van der Waals surface area contributed by atoms with Crippen LogP contribution in [0.1, 0.15) is 31.2 Å². The van der Waals surface area contributed by atoms with Crippen molar-refractivity contribution in [2.24, 2.45) is 17.3 Å². The van der Waals surface area contributed by atoms with E-state index in [1.165, 1.54) is 4.57 Å². The maximum atomic E-state index is 12.3. The van der Waals surface area contributed by atoms with Crippen LogP contribution in [-0.2, 0) is 18.4 Å². The number of fused-ring (bicyclic) bond motifs is 1. The third-order valence-corrected chi connectivity index (χ3v) is 4.49. The van der Waals surface area contributed by atoms with Crippen molar-refractivity contribution in [1.29, 1.82) is 0 Å². The van der Waals surface area contributed by atoms with Gasteiger partial charge in [-0.2, -0.15) is 10.2 Å². The number of terminal acetylenes is 1. The van der Waals surface area contributed by atoms with Crippen molar-refractivity contribution in [2.45, 2.75) is 37.9 Å². The Kier molecular flexibility index (Phi) is 4.45. The summed E-state index contributed by atoms with van der Waals surface area (Å²) in [6, 6.07) is 5.51. The van der Waals surface area contributed by atoms with Gasteiger partial charge in [-0.15, -0.1) is 12.3 Å². The third-order valence-electron chi connectivity index (χ3n) is 4.49. The fourth-order valence-corrected chi connectivity index (χ4v) is 2.80. The van der Waals surface area contributed by atoms with Gasteiger partial charge in [0.2, 0.25) is 5.91 Å². The summed E-state index contributed by atoms with van der Waals surface area (Å²) in [6.07, 6.45) is 7.54. The molecular formula is C18H20N4O3. The van der Waals surface area contributed by atoms with E-state index in [2.05, 4.69) is 16.1 Å². The highest BCUT2D eigenvalue weighted by Gasteiger charge is 2.39. The Labute approximate surface area is 145 Å². The number of hydrogen-bond acceptors (Lipinski definition) is 5. The molecule has 0 N–H and O–H groups in total. The Balaban J connectivity index is 1.58. The van der Waals surface area contributed by atoms with Crippen LogP contribution in [0.25, 0.3) is 11.1 Å². The standard InChI is InChI=1S/C18H20N4O3/c1-4-5-9-18(19-20-18)10-8-16(23)21(2)12-13-6-7-14-15(11-13)25-17(24)22(14)3/h1,6-7,11H,5,8-10,12H2,2-3H3. The van der Waals surface area contributed by atoms with Crippen molar-refractivity contribution in [3.05, 3.63) is 34.3 Å². The number of benzene rings is 1. The van der Waals surface area contributed by atoms with Gasteiger partial charge in [0.15, 0.2) is 11.2 Å². The summed E-state index contributed by atoms with van der Waals surface area (Å²) in [5, 5.41) is 8.09. The molecule has 0 radical (unpaired) electrons. The van der Waals surface area contributed by atoms with E-state index in [4.69, 9.17) is 10.8 Å². The van der Waals surface area contributed by atoms with Crippen molar-refractivity contribution in [3.63, 3.8) is 0 Å². The third kappa shape index (κ3) is 3.63. The molecule has 0 spiro atoms. The van der Waals surface area contributed by atoms with Crippen molar-refractivity contribution in [1.82, 2.24) is 9.47 Å². The molecule has 0 atom stereocenters. The lowest BCUT2D eigenvalue weighted by Gasteiger charge is -2.18. The molecule has 7 nitrogen and oxygen atoms in total. The van der Waals surface area contributed by atoms with Crippen LogP contribution in [0.15, 0.2) is 37.6 Å². The quantitative estimate of drug-likeness (QED) is 0.726. The van der Waals surface area contributed by atoms with Gasteiger partial charge in [-0.05, 0) is 17.7 Å². The smallest absolute Gasteiger partial charge is 0.408 e. The minimum atomic E-state index is -0.435. The number of carbonyl (C=O) groups is 1. The van der Waals surface area contributed by atoms with Crippen molar-refractivity contribution in [2.75, 3.05) is 7.05 Å². The molecule has 0 bridgehead atoms. The average molecular weight is 340 g/mol. The minimum absolute atomic E-state index is 0.0204. The fourth-order valence-electron chi connectivity index (χ4n) is 2.80. The lowest BCUT2D eigenvalue weighted by Crippen LogP contribution is -2.27. The molecule has 130 valence electrons. The number of rotatable bonds is 7. The molecule has 7 heteroatoms. The van der Waals surface area contributed by atoms with E-state index in [0.717, 1.165) is 11.1 Å². The van der Waals surface area contributed by atoms with Gasteiger partial charge in [-0.1, -0.05) is 6.07 Å². The molecule has 1 aromatic heterocycles. The Bertz CT molecular complexity index is 926. The monoisotopic (exact) mass is 340 g/mol. The molecule has 0 saturated carbocycles. The molecule has 0 saturated heterocycles. The predicted molar refractivity (Wildman–Crippen MR) is 92.8 cm³/mol. The number of aromatic nitrogens is 1. The highest BCUT2D eigenvalue weighted by Crippen LogP contribution is 2.37. The second-order valence-corrected chi connectivity index (χ2v) is 6.37. The minimum Gasteiger partial charge on any atom is -0.408 e. The van der Waals surface area contributed by atoms with Crippen LogP contribution in [-0.4, -0.2) is 28.1 Å². The second kappa shape index (κ2) is 6.55. The molecule has 2 heterocycles. The lowest BCUT2D eigenvalue weighted by atomic mass is 10.0. The van der Waals surface area contributed by atoms with E-state index in [0.29, 0.717) is 37.8 Å². The van der Waals surface area contributed by atoms with Crippen molar-refractivity contribution >= 4 is 17.0 Å². The zero-order chi connectivity index (χ0) is 18.0. The summed E-state index contributed by atoms with van der Waals surface area (Å²) < 4.78 is 6.63. The second-order valence-electron chi connectivity index (χ2n) is 6.37. The van der Waals surface area contributed by atoms with E-state index >= 15 is 0 Å². The zero-order valence-corrected chi connectivity index (χ0v) is 14.4. The predicted octanol–water partition coefficient (Wildman–Crippen LogP) is 2.45. The Hall–Kier alpha value is -2.88. The van der Waals surface area contributed by atoms with Crippen LogP contribution < -0.4 is 5.76 Å². The first kappa shape index (κ1) is 17.0. The first-order chi connectivity index (χ1) is 11.9. The zero-order valence-electron chi connectivity index (χ0n) is 14.4. The summed E-state index contributed by atoms with van der Waals surface area (Å²) in [6.45, 7) is 0.443. The molecule has 2 aromatic rings. The topological polar surface area (TPSA) is 80.2 Å². The highest BCUT2D eigenvalue weighted by molar-refractivity contribution is 5.77. The van der Waals surface area contributed by atoms with Gasteiger partial charge in [0.1, 0.15) is 0 Å². The van der Waals surface area contributed by atoms with Crippen LogP contribution in [0.4, 0.5) is 0 Å². The van der Waals surface area contributed by atoms with Crippen LogP contribution in [0.5, 0.6) is 0 Å². The Morgan fingerprint density at radius 1 is 1.40 bits per heavy atom. The first-order valence-electron chi connectivity index (χ1n) is 8.14. The van der Waals surface area contributed by atoms with Gasteiger partial charge >= 0.3 is 5.76 Å². The van der Waals surface area contributed by atoms with E-state index < -0.39 is 11.4 Å². The molecule has 1 aromatic carbocycles. The lowest BCUT2D eigenvalue weighted by molar-refractivity contribution is -0.130. The Morgan fingerprint density at radius 2 is 2.16 bits per heavy atom. The van der Waals surface area contributed by atoms with Crippen molar-refractivity contribution in [3.8, 4) is 12.3 Å². The van der Waals surface area contributed by atoms with Crippen molar-refractivity contribution < 1.29 is 9.21 Å². The molecule has 3 rings (SSSR count). The largest absolute Gasteiger partial charge is 0.419 e. The molecule has 0 fully saturated rings. The number of hydrogen-bond donors (Lipinski definition) is 0. The molecule has 1 amide bonds. The highest BCUT2D eigenvalue weighted by atomic mass is 16.4. The van der Waals surface area contributed by atoms with Crippen LogP contribution >= 0.6 is 0 Å². The molecule has 1 aliphatic heterocycles. The van der Waals surface area contributed by atoms with Crippen LogP contribution in [0.2, 0.25) is 0 Å². The van der Waals surface area contributed by atoms with Gasteiger partial charge in [-0.3, -0.25) is 9.36 Å². The Morgan fingerprint density at radius 3 is 2.84 bits per heavy atom. The number of aryl methyl sites for hydroxylation is 1. The number of amides is 1. The van der Waals surface area contributed by atoms with Gasteiger partial charge in [0.25, 0.3) is 0 Å². The van der Waals surface area contributed by atoms with E-state index in [-0.39, 0.29) is 5.91 Å². The number of oxazole rings is 1. The normalized spacial score (nSPS) is 14.4. The summed E-state index contributed by atoms with van der Waals surface area (Å²) in [4.78, 5) is 25.5. The van der Waals surface area contributed by atoms with Gasteiger partial charge in [-0.25, -0.2) is 4.79 Å². The molecular weight excluding hydrogens is 320 g/mol. The summed E-state index contributed by atoms with van der Waals surface area (Å²) in [7, 11) is 3.41. The van der Waals surface area contributed by atoms with Crippen LogP contribution in [0.3, 0.4) is 0 Å². The molecule has 0 unspecified atom stereocenters. The average Bonchev–Trinajstić information content (AvgIpc) is 3.31. The number of carbonyl (C=O) groups excluding carboxylic acids is 1. The van der Waals surface area contributed by atoms with Gasteiger partial charge in [0.05, 0.1) is 5.52 Å². The summed E-state index contributed by atoms with van der Waals surface area (Å²) >= 11 is 0. The van der Waals surface area contributed by atoms with E-state index in [1.54, 1.807) is 25.1 Å². The fraction of sp³-hybridized carbons (Fsp3) is 0.444. The van der Waals surface area contributed by atoms with E-state index in [1.807, 2.05) is 12.1 Å². The SMILES string of the molecule is C#CCCC1(CCC(=O)N(C)Cc2ccc3c(c2)oc(=O)n3C)N=N1. The molecule has 0 aliphatic carbocycles. The van der Waals surface area contributed by atoms with Gasteiger partial charge < -0.3 is 9.32 Å². The summed E-state index contributed by atoms with van der Waals surface area (Å²) in [5.74, 6) is 2.20. The maximum Gasteiger partial charge on any atom is 0.419 e. The first-order valence-corrected chi connectivity index (χ1v) is 8.14. The summed E-state index contributed by atoms with van der Waals surface area (Å²) in [5.41, 5.74) is 1.72. The number of nitrogens with zero attached hydrogens (tertiary/aromatic N) is 4. The molecule has 1 aliphatic rings. The van der Waals surface area contributed by atoms with Crippen LogP contribution in [0, 0.1) is 12.3 Å². The maximum absolute atomic E-state index is 12.3. The van der Waals surface area contributed by atoms with E-state index in [9.17, 15) is 9.59 Å².